The number of halogens is 1. The van der Waals surface area contributed by atoms with Gasteiger partial charge in [0.2, 0.25) is 0 Å². The van der Waals surface area contributed by atoms with E-state index in [0.29, 0.717) is 0 Å². The molecule has 2 aromatic carbocycles. The third-order valence-corrected chi connectivity index (χ3v) is 4.08. The van der Waals surface area contributed by atoms with E-state index in [0.717, 1.165) is 18.8 Å². The number of para-hydroxylation sites is 1. The van der Waals surface area contributed by atoms with Crippen molar-refractivity contribution in [2.75, 3.05) is 6.61 Å². The highest BCUT2D eigenvalue weighted by Gasteiger charge is 2.06. The Morgan fingerprint density at radius 3 is 2.40 bits per heavy atom. The monoisotopic (exact) mass is 381 g/mol. The van der Waals surface area contributed by atoms with Crippen molar-refractivity contribution < 1.29 is 27.3 Å². The van der Waals surface area contributed by atoms with Gasteiger partial charge in [0.25, 0.3) is 22.6 Å². The maximum atomic E-state index is 5.97. The summed E-state index contributed by atoms with van der Waals surface area (Å²) in [7, 11) is 0. The Kier molecular flexibility index (Phi) is 6.37. The van der Waals surface area contributed by atoms with Crippen LogP contribution in [-0.4, -0.2) is 6.61 Å². The van der Waals surface area contributed by atoms with Crippen LogP contribution in [0.5, 0.6) is 5.75 Å². The van der Waals surface area contributed by atoms with Crippen LogP contribution in [-0.2, 0) is 0 Å². The van der Waals surface area contributed by atoms with Crippen molar-refractivity contribution in [2.24, 2.45) is 0 Å². The summed E-state index contributed by atoms with van der Waals surface area (Å²) in [6.07, 6.45) is 4.95. The summed E-state index contributed by atoms with van der Waals surface area (Å²) in [4.78, 5) is 0. The summed E-state index contributed by atoms with van der Waals surface area (Å²) in [6, 6.07) is 16.9. The highest BCUT2D eigenvalue weighted by molar-refractivity contribution is 5.70. The van der Waals surface area contributed by atoms with Gasteiger partial charge in [-0.15, -0.1) is 0 Å². The molecule has 0 bridgehead atoms. The van der Waals surface area contributed by atoms with Crippen molar-refractivity contribution in [3.8, 4) is 16.9 Å². The SMILES string of the molecule is CCCCCCOc1ccccc1-c1ccc([IH+])cc1. The van der Waals surface area contributed by atoms with Gasteiger partial charge >= 0.3 is 0 Å². The van der Waals surface area contributed by atoms with E-state index in [2.05, 4.69) is 49.4 Å². The standard InChI is InChI=1S/C18H22IO/c1-2-3-4-7-14-20-18-9-6-5-8-17(18)15-10-12-16(19)13-11-15/h5-6,8-13,19H,2-4,7,14H2,1H3/q+1. The van der Waals surface area contributed by atoms with Gasteiger partial charge in [0.15, 0.2) is 3.57 Å². The molecule has 2 heteroatoms. The first kappa shape index (κ1) is 15.4. The smallest absolute Gasteiger partial charge is 0.296 e. The molecule has 106 valence electrons. The van der Waals surface area contributed by atoms with Crippen LogP contribution in [0.25, 0.3) is 11.1 Å². The molecule has 2 aromatic rings. The fraction of sp³-hybridized carbons (Fsp3) is 0.333. The first-order chi connectivity index (χ1) is 9.81. The Balaban J connectivity index is 2.04. The minimum Gasteiger partial charge on any atom is -0.493 e. The summed E-state index contributed by atoms with van der Waals surface area (Å²) in [5.41, 5.74) is 2.41. The summed E-state index contributed by atoms with van der Waals surface area (Å²) in [6.45, 7) is 3.04. The predicted molar refractivity (Wildman–Crippen MR) is 81.6 cm³/mol. The number of benzene rings is 2. The Morgan fingerprint density at radius 2 is 1.65 bits per heavy atom. The molecule has 2 rings (SSSR count). The fourth-order valence-corrected chi connectivity index (χ4v) is 2.56. The highest BCUT2D eigenvalue weighted by atomic mass is 127. The van der Waals surface area contributed by atoms with E-state index in [4.69, 9.17) is 4.74 Å². The Labute approximate surface area is 135 Å². The number of rotatable bonds is 7. The number of unbranched alkanes of at least 4 members (excludes halogenated alkanes) is 3. The topological polar surface area (TPSA) is 9.23 Å². The lowest BCUT2D eigenvalue weighted by atomic mass is 10.1. The van der Waals surface area contributed by atoms with Gasteiger partial charge in [0, 0.05) is 5.56 Å². The molecule has 0 aliphatic rings. The highest BCUT2D eigenvalue weighted by Crippen LogP contribution is 2.29. The third-order valence-electron chi connectivity index (χ3n) is 3.31. The lowest BCUT2D eigenvalue weighted by Crippen LogP contribution is -3.34. The molecule has 0 atom stereocenters. The van der Waals surface area contributed by atoms with Crippen molar-refractivity contribution in [2.45, 2.75) is 32.6 Å². The van der Waals surface area contributed by atoms with Crippen LogP contribution in [0.15, 0.2) is 48.5 Å². The molecule has 0 saturated carbocycles. The lowest BCUT2D eigenvalue weighted by molar-refractivity contribution is -0.328. The van der Waals surface area contributed by atoms with Crippen LogP contribution in [0.2, 0.25) is 0 Å². The summed E-state index contributed by atoms with van der Waals surface area (Å²) in [5.74, 6) is 0.994. The van der Waals surface area contributed by atoms with Crippen LogP contribution >= 0.6 is 0 Å². The van der Waals surface area contributed by atoms with Gasteiger partial charge in [-0.1, -0.05) is 44.4 Å². The van der Waals surface area contributed by atoms with Gasteiger partial charge in [-0.2, -0.15) is 0 Å². The molecule has 0 amide bonds. The Bertz CT molecular complexity index is 519. The molecule has 0 heterocycles. The molecule has 0 aromatic heterocycles. The largest absolute Gasteiger partial charge is 0.493 e. The van der Waals surface area contributed by atoms with Gasteiger partial charge in [0.05, 0.1) is 6.61 Å². The van der Waals surface area contributed by atoms with Crippen LogP contribution in [0, 0.1) is 3.57 Å². The normalized spacial score (nSPS) is 10.5. The first-order valence-corrected chi connectivity index (χ1v) is 8.47. The van der Waals surface area contributed by atoms with Gasteiger partial charge in [-0.25, -0.2) is 0 Å². The van der Waals surface area contributed by atoms with Crippen LogP contribution in [0.4, 0.5) is 0 Å². The maximum Gasteiger partial charge on any atom is 0.296 e. The van der Waals surface area contributed by atoms with Crippen molar-refractivity contribution in [3.05, 3.63) is 52.1 Å². The molecule has 0 saturated heterocycles. The first-order valence-electron chi connectivity index (χ1n) is 7.30. The molecule has 20 heavy (non-hydrogen) atoms. The molecule has 0 unspecified atom stereocenters. The molecule has 0 fully saturated rings. The van der Waals surface area contributed by atoms with E-state index >= 15 is 0 Å². The van der Waals surface area contributed by atoms with Crippen molar-refractivity contribution in [3.63, 3.8) is 0 Å². The summed E-state index contributed by atoms with van der Waals surface area (Å²) in [5, 5.41) is 0. The van der Waals surface area contributed by atoms with Gasteiger partial charge in [0.1, 0.15) is 5.75 Å². The molecular formula is C18H22IO+. The molecule has 0 radical (unpaired) electrons. The minimum atomic E-state index is 0.809. The second kappa shape index (κ2) is 8.30. The molecule has 0 aliphatic heterocycles. The second-order valence-electron chi connectivity index (χ2n) is 4.93. The minimum absolute atomic E-state index is 0.809. The van der Waals surface area contributed by atoms with Crippen molar-refractivity contribution >= 4 is 0 Å². The van der Waals surface area contributed by atoms with Crippen molar-refractivity contribution in [1.82, 2.24) is 0 Å². The molecule has 0 aliphatic carbocycles. The lowest BCUT2D eigenvalue weighted by Gasteiger charge is -2.11. The Morgan fingerprint density at radius 1 is 0.900 bits per heavy atom. The van der Waals surface area contributed by atoms with E-state index in [9.17, 15) is 0 Å². The average Bonchev–Trinajstić information content (AvgIpc) is 2.48. The molecular weight excluding hydrogens is 359 g/mol. The van der Waals surface area contributed by atoms with E-state index < -0.39 is 0 Å². The predicted octanol–water partition coefficient (Wildman–Crippen LogP) is 1.77. The molecule has 1 nitrogen and oxygen atoms in total. The van der Waals surface area contributed by atoms with E-state index in [1.165, 1.54) is 34.0 Å². The summed E-state index contributed by atoms with van der Waals surface area (Å²) < 4.78 is 7.26. The van der Waals surface area contributed by atoms with Gasteiger partial charge in [-0.05, 0) is 42.3 Å². The zero-order valence-electron chi connectivity index (χ0n) is 12.0. The van der Waals surface area contributed by atoms with Crippen LogP contribution < -0.4 is 27.3 Å². The van der Waals surface area contributed by atoms with E-state index in [1.54, 1.807) is 0 Å². The maximum absolute atomic E-state index is 5.97. The van der Waals surface area contributed by atoms with Gasteiger partial charge in [-0.3, -0.25) is 0 Å². The summed E-state index contributed by atoms with van der Waals surface area (Å²) >= 11 is 2.04. The second-order valence-corrected chi connectivity index (χ2v) is 6.28. The number of hydrogen-bond acceptors (Lipinski definition) is 1. The number of ether oxygens (including phenoxy) is 1. The number of hydrogen-bond donors (Lipinski definition) is 0. The molecule has 0 N–H and O–H groups in total. The van der Waals surface area contributed by atoms with E-state index in [1.807, 2.05) is 28.7 Å². The van der Waals surface area contributed by atoms with Crippen LogP contribution in [0.1, 0.15) is 32.6 Å². The Hall–Kier alpha value is -1.03. The van der Waals surface area contributed by atoms with Crippen molar-refractivity contribution in [1.29, 1.82) is 0 Å². The fourth-order valence-electron chi connectivity index (χ4n) is 2.18. The van der Waals surface area contributed by atoms with Gasteiger partial charge < -0.3 is 4.74 Å². The zero-order chi connectivity index (χ0) is 14.2. The van der Waals surface area contributed by atoms with Crippen LogP contribution in [0.3, 0.4) is 0 Å². The quantitative estimate of drug-likeness (QED) is 0.525. The van der Waals surface area contributed by atoms with E-state index in [-0.39, 0.29) is 0 Å². The zero-order valence-corrected chi connectivity index (χ0v) is 14.3. The average molecular weight is 381 g/mol. The molecule has 0 spiro atoms. The third kappa shape index (κ3) is 4.51.